The summed E-state index contributed by atoms with van der Waals surface area (Å²) in [4.78, 5) is 36.3. The van der Waals surface area contributed by atoms with Crippen molar-refractivity contribution in [1.29, 1.82) is 0 Å². The summed E-state index contributed by atoms with van der Waals surface area (Å²) in [6.07, 6.45) is 7.68. The molecule has 2 N–H and O–H groups in total. The van der Waals surface area contributed by atoms with E-state index in [2.05, 4.69) is 14.9 Å². The number of anilines is 1. The second-order valence-corrected chi connectivity index (χ2v) is 5.74. The summed E-state index contributed by atoms with van der Waals surface area (Å²) in [5, 5.41) is 8.57. The van der Waals surface area contributed by atoms with Crippen molar-refractivity contribution in [3.8, 4) is 0 Å². The first-order valence-electron chi connectivity index (χ1n) is 8.20. The number of rotatable bonds is 4. The molecule has 1 aliphatic heterocycles. The topological polar surface area (TPSA) is 98.7 Å². The number of amides is 2. The number of carbonyl (C=O) groups is 2. The summed E-state index contributed by atoms with van der Waals surface area (Å²) in [5.74, 6) is 0.0660. The Labute approximate surface area is 150 Å². The average molecular weight is 353 g/mol. The molecule has 8 nitrogen and oxygen atoms in total. The van der Waals surface area contributed by atoms with Gasteiger partial charge >= 0.3 is 0 Å². The van der Waals surface area contributed by atoms with Crippen LogP contribution in [0.4, 0.5) is 5.82 Å². The summed E-state index contributed by atoms with van der Waals surface area (Å²) in [6.45, 7) is 2.50. The molecule has 0 bridgehead atoms. The van der Waals surface area contributed by atoms with Gasteiger partial charge in [-0.15, -0.1) is 0 Å². The summed E-state index contributed by atoms with van der Waals surface area (Å²) in [7, 11) is 0. The molecular weight excluding hydrogens is 334 g/mol. The van der Waals surface area contributed by atoms with Crippen LogP contribution < -0.4 is 10.4 Å². The first kappa shape index (κ1) is 17.6. The minimum atomic E-state index is -0.648. The van der Waals surface area contributed by atoms with Crippen LogP contribution in [0.3, 0.4) is 0 Å². The zero-order valence-corrected chi connectivity index (χ0v) is 14.1. The van der Waals surface area contributed by atoms with E-state index in [1.807, 2.05) is 0 Å². The SMILES string of the molecule is O=C(/C=C/c1ccccc1C(=O)N1CCN(c2cnccn2)CC1)NO. The van der Waals surface area contributed by atoms with Gasteiger partial charge in [0.2, 0.25) is 0 Å². The predicted molar refractivity (Wildman–Crippen MR) is 95.6 cm³/mol. The van der Waals surface area contributed by atoms with Gasteiger partial charge in [-0.3, -0.25) is 19.8 Å². The van der Waals surface area contributed by atoms with Gasteiger partial charge in [0.25, 0.3) is 11.8 Å². The lowest BCUT2D eigenvalue weighted by Gasteiger charge is -2.35. The smallest absolute Gasteiger partial charge is 0.267 e. The number of aromatic nitrogens is 2. The van der Waals surface area contributed by atoms with E-state index in [1.165, 1.54) is 17.6 Å². The monoisotopic (exact) mass is 353 g/mol. The lowest BCUT2D eigenvalue weighted by atomic mass is 10.1. The minimum Gasteiger partial charge on any atom is -0.352 e. The number of hydroxylamine groups is 1. The van der Waals surface area contributed by atoms with Crippen molar-refractivity contribution < 1.29 is 14.8 Å². The molecule has 1 saturated heterocycles. The molecule has 0 aliphatic carbocycles. The largest absolute Gasteiger partial charge is 0.352 e. The fourth-order valence-corrected chi connectivity index (χ4v) is 2.80. The highest BCUT2D eigenvalue weighted by atomic mass is 16.5. The van der Waals surface area contributed by atoms with Crippen LogP contribution in [-0.2, 0) is 4.79 Å². The van der Waals surface area contributed by atoms with Crippen molar-refractivity contribution in [2.75, 3.05) is 31.1 Å². The van der Waals surface area contributed by atoms with Crippen LogP contribution in [0.5, 0.6) is 0 Å². The molecule has 26 heavy (non-hydrogen) atoms. The summed E-state index contributed by atoms with van der Waals surface area (Å²) < 4.78 is 0. The number of nitrogens with one attached hydrogen (secondary N) is 1. The van der Waals surface area contributed by atoms with Gasteiger partial charge in [0.05, 0.1) is 6.20 Å². The van der Waals surface area contributed by atoms with Crippen molar-refractivity contribution in [2.24, 2.45) is 0 Å². The van der Waals surface area contributed by atoms with Gasteiger partial charge in [0.1, 0.15) is 5.82 Å². The van der Waals surface area contributed by atoms with Crippen LogP contribution >= 0.6 is 0 Å². The Morgan fingerprint density at radius 1 is 1.12 bits per heavy atom. The molecule has 1 aromatic carbocycles. The molecule has 1 aromatic heterocycles. The number of benzene rings is 1. The van der Waals surface area contributed by atoms with Crippen LogP contribution in [0.2, 0.25) is 0 Å². The normalized spacial score (nSPS) is 14.5. The first-order chi connectivity index (χ1) is 12.7. The summed E-state index contributed by atoms with van der Waals surface area (Å²) >= 11 is 0. The Bertz CT molecular complexity index is 801. The molecule has 1 aliphatic rings. The maximum Gasteiger partial charge on any atom is 0.267 e. The molecule has 0 saturated carbocycles. The molecule has 0 spiro atoms. The van der Waals surface area contributed by atoms with E-state index >= 15 is 0 Å². The fourth-order valence-electron chi connectivity index (χ4n) is 2.80. The molecular formula is C18H19N5O3. The number of hydrogen-bond donors (Lipinski definition) is 2. The van der Waals surface area contributed by atoms with Crippen LogP contribution in [0.1, 0.15) is 15.9 Å². The standard InChI is InChI=1S/C18H19N5O3/c24-17(21-26)6-5-14-3-1-2-4-15(14)18(25)23-11-9-22(10-12-23)16-13-19-7-8-20-16/h1-8,13,26H,9-12H2,(H,21,24)/b6-5+. The van der Waals surface area contributed by atoms with E-state index in [4.69, 9.17) is 5.21 Å². The minimum absolute atomic E-state index is 0.0894. The van der Waals surface area contributed by atoms with Crippen LogP contribution in [0.15, 0.2) is 48.9 Å². The highest BCUT2D eigenvalue weighted by Gasteiger charge is 2.23. The van der Waals surface area contributed by atoms with E-state index < -0.39 is 5.91 Å². The van der Waals surface area contributed by atoms with Crippen LogP contribution in [-0.4, -0.2) is 58.1 Å². The number of carbonyl (C=O) groups excluding carboxylic acids is 2. The second kappa shape index (κ2) is 8.21. The van der Waals surface area contributed by atoms with Crippen molar-refractivity contribution in [3.63, 3.8) is 0 Å². The molecule has 0 unspecified atom stereocenters. The first-order valence-corrected chi connectivity index (χ1v) is 8.20. The Balaban J connectivity index is 1.69. The van der Waals surface area contributed by atoms with Crippen molar-refractivity contribution in [3.05, 3.63) is 60.1 Å². The van der Waals surface area contributed by atoms with Gasteiger partial charge in [-0.1, -0.05) is 18.2 Å². The Morgan fingerprint density at radius 3 is 2.58 bits per heavy atom. The molecule has 8 heteroatoms. The third kappa shape index (κ3) is 4.04. The maximum absolute atomic E-state index is 12.9. The Morgan fingerprint density at radius 2 is 1.88 bits per heavy atom. The van der Waals surface area contributed by atoms with Crippen molar-refractivity contribution in [2.45, 2.75) is 0 Å². The van der Waals surface area contributed by atoms with E-state index in [1.54, 1.807) is 47.8 Å². The van der Waals surface area contributed by atoms with Crippen molar-refractivity contribution >= 4 is 23.7 Å². The van der Waals surface area contributed by atoms with Gasteiger partial charge in [-0.05, 0) is 17.7 Å². The highest BCUT2D eigenvalue weighted by Crippen LogP contribution is 2.17. The van der Waals surface area contributed by atoms with E-state index in [0.717, 1.165) is 5.82 Å². The Hall–Kier alpha value is -3.26. The number of nitrogens with zero attached hydrogens (tertiary/aromatic N) is 4. The molecule has 1 fully saturated rings. The molecule has 0 atom stereocenters. The quantitative estimate of drug-likeness (QED) is 0.483. The zero-order valence-electron chi connectivity index (χ0n) is 14.1. The molecule has 2 amide bonds. The van der Waals surface area contributed by atoms with E-state index in [0.29, 0.717) is 37.3 Å². The van der Waals surface area contributed by atoms with Gasteiger partial charge in [0.15, 0.2) is 0 Å². The molecule has 2 heterocycles. The third-order valence-corrected chi connectivity index (χ3v) is 4.16. The van der Waals surface area contributed by atoms with E-state index in [-0.39, 0.29) is 5.91 Å². The predicted octanol–water partition coefficient (Wildman–Crippen LogP) is 0.958. The molecule has 2 aromatic rings. The lowest BCUT2D eigenvalue weighted by molar-refractivity contribution is -0.124. The zero-order chi connectivity index (χ0) is 18.4. The number of hydrogen-bond acceptors (Lipinski definition) is 6. The van der Waals surface area contributed by atoms with Gasteiger partial charge in [-0.2, -0.15) is 0 Å². The van der Waals surface area contributed by atoms with Crippen LogP contribution in [0, 0.1) is 0 Å². The fraction of sp³-hybridized carbons (Fsp3) is 0.222. The lowest BCUT2D eigenvalue weighted by Crippen LogP contribution is -2.49. The molecule has 134 valence electrons. The van der Waals surface area contributed by atoms with Gasteiger partial charge in [0, 0.05) is 50.2 Å². The van der Waals surface area contributed by atoms with Crippen molar-refractivity contribution in [1.82, 2.24) is 20.3 Å². The van der Waals surface area contributed by atoms with Gasteiger partial charge in [-0.25, -0.2) is 10.5 Å². The molecule has 3 rings (SSSR count). The second-order valence-electron chi connectivity index (χ2n) is 5.74. The third-order valence-electron chi connectivity index (χ3n) is 4.16. The summed E-state index contributed by atoms with van der Waals surface area (Å²) in [6, 6.07) is 7.06. The average Bonchev–Trinajstić information content (AvgIpc) is 2.72. The Kier molecular flexibility index (Phi) is 5.55. The maximum atomic E-state index is 12.9. The van der Waals surface area contributed by atoms with Gasteiger partial charge < -0.3 is 9.80 Å². The summed E-state index contributed by atoms with van der Waals surface area (Å²) in [5.41, 5.74) is 2.67. The van der Waals surface area contributed by atoms with Crippen LogP contribution in [0.25, 0.3) is 6.08 Å². The van der Waals surface area contributed by atoms with E-state index in [9.17, 15) is 9.59 Å². The number of piperazine rings is 1. The molecule has 0 radical (unpaired) electrons. The highest BCUT2D eigenvalue weighted by molar-refractivity contribution is 5.99.